The molecule has 0 rings (SSSR count). The van der Waals surface area contributed by atoms with Crippen LogP contribution in [0.15, 0.2) is 10.6 Å². The molecular formula is C4H3Cl2F3O2S. The van der Waals surface area contributed by atoms with Crippen LogP contribution in [0.1, 0.15) is 0 Å². The highest BCUT2D eigenvalue weighted by Gasteiger charge is 2.45. The number of halogens is 5. The summed E-state index contributed by atoms with van der Waals surface area (Å²) in [5.74, 6) is -1.32. The average Bonchev–Trinajstić information content (AvgIpc) is 1.84. The Morgan fingerprint density at radius 3 is 2.08 bits per heavy atom. The molecule has 12 heavy (non-hydrogen) atoms. The van der Waals surface area contributed by atoms with E-state index in [-0.39, 0.29) is 0 Å². The van der Waals surface area contributed by atoms with Crippen LogP contribution in [0.25, 0.3) is 0 Å². The molecule has 0 aromatic carbocycles. The van der Waals surface area contributed by atoms with E-state index in [2.05, 4.69) is 0 Å². The first-order valence-corrected chi connectivity index (χ1v) is 4.91. The molecule has 0 saturated carbocycles. The molecule has 0 amide bonds. The summed E-state index contributed by atoms with van der Waals surface area (Å²) in [5, 5.41) is -0.575. The summed E-state index contributed by atoms with van der Waals surface area (Å²) in [6, 6.07) is 0. The Hall–Kier alpha value is 0.0600. The lowest BCUT2D eigenvalue weighted by molar-refractivity contribution is -0.0433. The van der Waals surface area contributed by atoms with E-state index in [1.807, 2.05) is 0 Å². The Bertz CT molecular complexity index is 279. The van der Waals surface area contributed by atoms with Crippen molar-refractivity contribution in [1.29, 1.82) is 0 Å². The van der Waals surface area contributed by atoms with Gasteiger partial charge in [-0.2, -0.15) is 13.2 Å². The number of rotatable bonds is 2. The molecule has 0 spiro atoms. The fraction of sp³-hybridized carbons (Fsp3) is 0.500. The summed E-state index contributed by atoms with van der Waals surface area (Å²) in [6.45, 7) is 0. The van der Waals surface area contributed by atoms with Crippen LogP contribution >= 0.6 is 23.2 Å². The van der Waals surface area contributed by atoms with E-state index >= 15 is 0 Å². The maximum absolute atomic E-state index is 11.6. The number of alkyl halides is 3. The summed E-state index contributed by atoms with van der Waals surface area (Å²) in [6.07, 6.45) is 0. The van der Waals surface area contributed by atoms with E-state index in [1.165, 1.54) is 0 Å². The highest BCUT2D eigenvalue weighted by molar-refractivity contribution is 7.92. The molecule has 0 aliphatic rings. The monoisotopic (exact) mass is 242 g/mol. The fourth-order valence-corrected chi connectivity index (χ4v) is 1.50. The van der Waals surface area contributed by atoms with E-state index in [1.54, 1.807) is 0 Å². The Morgan fingerprint density at radius 2 is 1.83 bits per heavy atom. The Morgan fingerprint density at radius 1 is 1.42 bits per heavy atom. The second-order valence-corrected chi connectivity index (χ2v) is 4.45. The SMILES string of the molecule is O=S(=O)(C/C(Cl)=C/Cl)C(F)(F)F. The van der Waals surface area contributed by atoms with Gasteiger partial charge in [0.05, 0.1) is 5.75 Å². The van der Waals surface area contributed by atoms with Crippen LogP contribution in [0.5, 0.6) is 0 Å². The first-order chi connectivity index (χ1) is 5.20. The highest BCUT2D eigenvalue weighted by Crippen LogP contribution is 2.26. The average molecular weight is 243 g/mol. The second-order valence-electron chi connectivity index (χ2n) is 1.76. The third kappa shape index (κ3) is 3.20. The van der Waals surface area contributed by atoms with Gasteiger partial charge in [0.1, 0.15) is 0 Å². The van der Waals surface area contributed by atoms with Crippen LogP contribution in [0.3, 0.4) is 0 Å². The van der Waals surface area contributed by atoms with Crippen molar-refractivity contribution in [3.8, 4) is 0 Å². The van der Waals surface area contributed by atoms with Crippen molar-refractivity contribution in [2.45, 2.75) is 5.51 Å². The van der Waals surface area contributed by atoms with Gasteiger partial charge in [0, 0.05) is 10.6 Å². The van der Waals surface area contributed by atoms with Gasteiger partial charge in [-0.1, -0.05) is 23.2 Å². The van der Waals surface area contributed by atoms with Gasteiger partial charge in [0.2, 0.25) is 0 Å². The maximum Gasteiger partial charge on any atom is 0.497 e. The van der Waals surface area contributed by atoms with Gasteiger partial charge in [-0.15, -0.1) is 0 Å². The van der Waals surface area contributed by atoms with Gasteiger partial charge in [0.25, 0.3) is 9.84 Å². The number of sulfone groups is 1. The van der Waals surface area contributed by atoms with Crippen LogP contribution in [-0.4, -0.2) is 19.7 Å². The molecular weight excluding hydrogens is 240 g/mol. The molecule has 8 heteroatoms. The molecule has 0 aromatic heterocycles. The van der Waals surface area contributed by atoms with Crippen molar-refractivity contribution in [3.63, 3.8) is 0 Å². The topological polar surface area (TPSA) is 34.1 Å². The van der Waals surface area contributed by atoms with Crippen LogP contribution in [-0.2, 0) is 9.84 Å². The summed E-state index contributed by atoms with van der Waals surface area (Å²) in [7, 11) is -5.19. The standard InChI is InChI=1S/C4H3Cl2F3O2S/c5-1-3(6)2-12(10,11)4(7,8)9/h1H,2H2/b3-1-. The zero-order valence-electron chi connectivity index (χ0n) is 5.40. The molecule has 2 nitrogen and oxygen atoms in total. The first-order valence-electron chi connectivity index (χ1n) is 2.44. The van der Waals surface area contributed by atoms with Crippen molar-refractivity contribution in [2.24, 2.45) is 0 Å². The van der Waals surface area contributed by atoms with Gasteiger partial charge in [-0.05, 0) is 0 Å². The van der Waals surface area contributed by atoms with Crippen LogP contribution in [0.4, 0.5) is 13.2 Å². The maximum atomic E-state index is 11.6. The minimum atomic E-state index is -5.28. The van der Waals surface area contributed by atoms with E-state index < -0.39 is 26.1 Å². The summed E-state index contributed by atoms with van der Waals surface area (Å²) < 4.78 is 55.5. The highest BCUT2D eigenvalue weighted by atomic mass is 35.5. The van der Waals surface area contributed by atoms with Gasteiger partial charge < -0.3 is 0 Å². The van der Waals surface area contributed by atoms with Crippen molar-refractivity contribution < 1.29 is 21.6 Å². The van der Waals surface area contributed by atoms with Crippen molar-refractivity contribution in [1.82, 2.24) is 0 Å². The predicted octanol–water partition coefficient (Wildman–Crippen LogP) is 2.24. The van der Waals surface area contributed by atoms with Crippen molar-refractivity contribution >= 4 is 33.0 Å². The Balaban J connectivity index is 4.70. The molecule has 0 aliphatic carbocycles. The van der Waals surface area contributed by atoms with Gasteiger partial charge in [-0.3, -0.25) is 0 Å². The van der Waals surface area contributed by atoms with Gasteiger partial charge >= 0.3 is 5.51 Å². The normalized spacial score (nSPS) is 14.9. The molecule has 0 N–H and O–H groups in total. The molecule has 0 heterocycles. The molecule has 0 aliphatic heterocycles. The summed E-state index contributed by atoms with van der Waals surface area (Å²) in [4.78, 5) is 0. The quantitative estimate of drug-likeness (QED) is 0.745. The third-order valence-corrected chi connectivity index (χ3v) is 2.97. The van der Waals surface area contributed by atoms with Crippen LogP contribution in [0, 0.1) is 0 Å². The largest absolute Gasteiger partial charge is 0.497 e. The molecule has 0 fully saturated rings. The smallest absolute Gasteiger partial charge is 0.219 e. The van der Waals surface area contributed by atoms with Gasteiger partial charge in [0.15, 0.2) is 0 Å². The second kappa shape index (κ2) is 3.85. The minimum absolute atomic E-state index is 0.574. The third-order valence-electron chi connectivity index (χ3n) is 0.799. The summed E-state index contributed by atoms with van der Waals surface area (Å²) >= 11 is 9.89. The van der Waals surface area contributed by atoms with Crippen molar-refractivity contribution in [2.75, 3.05) is 5.75 Å². The van der Waals surface area contributed by atoms with E-state index in [0.717, 1.165) is 0 Å². The minimum Gasteiger partial charge on any atom is -0.219 e. The van der Waals surface area contributed by atoms with E-state index in [9.17, 15) is 21.6 Å². The molecule has 0 saturated heterocycles. The van der Waals surface area contributed by atoms with Gasteiger partial charge in [-0.25, -0.2) is 8.42 Å². The molecule has 0 bridgehead atoms. The lowest BCUT2D eigenvalue weighted by Gasteiger charge is -2.05. The van der Waals surface area contributed by atoms with E-state index in [0.29, 0.717) is 5.54 Å². The van der Waals surface area contributed by atoms with Crippen molar-refractivity contribution in [3.05, 3.63) is 10.6 Å². The Kier molecular flexibility index (Phi) is 3.87. The zero-order valence-corrected chi connectivity index (χ0v) is 7.73. The Labute approximate surface area is 76.9 Å². The lowest BCUT2D eigenvalue weighted by atomic mass is 10.7. The zero-order chi connectivity index (χ0) is 9.99. The molecule has 72 valence electrons. The first kappa shape index (κ1) is 12.1. The predicted molar refractivity (Wildman–Crippen MR) is 39.6 cm³/mol. The van der Waals surface area contributed by atoms with Crippen LogP contribution < -0.4 is 0 Å². The molecule has 0 unspecified atom stereocenters. The summed E-state index contributed by atoms with van der Waals surface area (Å²) in [5.41, 5.74) is -4.71. The lowest BCUT2D eigenvalue weighted by Crippen LogP contribution is -2.26. The van der Waals surface area contributed by atoms with E-state index in [4.69, 9.17) is 23.2 Å². The van der Waals surface area contributed by atoms with Crippen LogP contribution in [0.2, 0.25) is 0 Å². The molecule has 0 aromatic rings. The fourth-order valence-electron chi connectivity index (χ4n) is 0.295. The molecule has 0 radical (unpaired) electrons. The molecule has 0 atom stereocenters. The number of hydrogen-bond donors (Lipinski definition) is 0. The number of hydrogen-bond acceptors (Lipinski definition) is 2.